The number of hydrogen-bond acceptors (Lipinski definition) is 5. The number of aliphatic carboxylic acids is 1. The van der Waals surface area contributed by atoms with Crippen LogP contribution < -0.4 is 23.5 Å². The first-order valence-electron chi connectivity index (χ1n) is 7.40. The minimum Gasteiger partial charge on any atom is -1.00 e. The number of nitrogens with zero attached hydrogens (tertiary/aromatic N) is 1. The molecule has 0 unspecified atom stereocenters. The summed E-state index contributed by atoms with van der Waals surface area (Å²) in [6.45, 7) is 1.69. The maximum absolute atomic E-state index is 12.3. The molecule has 1 fully saturated rings. The highest BCUT2D eigenvalue weighted by molar-refractivity contribution is 8.00. The number of amides is 2. The molecule has 26 heavy (non-hydrogen) atoms. The van der Waals surface area contributed by atoms with E-state index in [1.807, 2.05) is 6.07 Å². The molecule has 0 aliphatic carbocycles. The predicted molar refractivity (Wildman–Crippen MR) is 92.3 cm³/mol. The van der Waals surface area contributed by atoms with Crippen molar-refractivity contribution < 1.29 is 37.4 Å². The Hall–Kier alpha value is -2.07. The molecule has 0 aromatic heterocycles. The average Bonchev–Trinajstić information content (AvgIpc) is 2.59. The minimum absolute atomic E-state index is 0. The predicted octanol–water partition coefficient (Wildman–Crippen LogP) is -3.38. The van der Waals surface area contributed by atoms with E-state index in [2.05, 4.69) is 5.32 Å². The quantitative estimate of drug-likeness (QED) is 0.450. The molecule has 0 spiro atoms. The Morgan fingerprint density at radius 1 is 1.35 bits per heavy atom. The molecule has 0 bridgehead atoms. The van der Waals surface area contributed by atoms with Crippen LogP contribution in [0.25, 0.3) is 0 Å². The number of hydrogen-bond donors (Lipinski definition) is 3. The standard InChI is InChI=1S/C16H17N3O4S.ClH.H2O/c1-8-7-24-15-11(14(21)19(15)12(8)16(22)23)18-13(20)10(17)9-5-3-2-4-6-9;;/h2-6,10-11,15H,7,17H2,1H3,(H,18,20)(H,22,23);1H;1H2/p-1/t10-,11-,15-;;/m1../s1. The Kier molecular flexibility index (Phi) is 7.22. The Morgan fingerprint density at radius 2 is 1.96 bits per heavy atom. The van der Waals surface area contributed by atoms with Gasteiger partial charge in [0, 0.05) is 5.75 Å². The van der Waals surface area contributed by atoms with Crippen LogP contribution in [0.4, 0.5) is 0 Å². The van der Waals surface area contributed by atoms with Gasteiger partial charge in [0.25, 0.3) is 5.91 Å². The fraction of sp³-hybridized carbons (Fsp3) is 0.312. The van der Waals surface area contributed by atoms with Crippen molar-refractivity contribution in [3.05, 3.63) is 47.2 Å². The van der Waals surface area contributed by atoms with E-state index in [9.17, 15) is 19.5 Å². The van der Waals surface area contributed by atoms with Crippen molar-refractivity contribution in [1.82, 2.24) is 10.2 Å². The van der Waals surface area contributed by atoms with E-state index < -0.39 is 35.2 Å². The van der Waals surface area contributed by atoms with Crippen molar-refractivity contribution in [3.63, 3.8) is 0 Å². The highest BCUT2D eigenvalue weighted by atomic mass is 35.5. The first kappa shape index (κ1) is 22.0. The molecule has 142 valence electrons. The number of benzene rings is 1. The van der Waals surface area contributed by atoms with Crippen LogP contribution in [0, 0.1) is 0 Å². The van der Waals surface area contributed by atoms with Gasteiger partial charge in [-0.05, 0) is 18.1 Å². The molecule has 1 saturated heterocycles. The highest BCUT2D eigenvalue weighted by Gasteiger charge is 2.53. The molecule has 1 aromatic rings. The first-order valence-corrected chi connectivity index (χ1v) is 8.45. The summed E-state index contributed by atoms with van der Waals surface area (Å²) < 4.78 is 0. The van der Waals surface area contributed by atoms with E-state index in [0.717, 1.165) is 0 Å². The lowest BCUT2D eigenvalue weighted by atomic mass is 10.0. The van der Waals surface area contributed by atoms with Gasteiger partial charge in [0.05, 0.1) is 0 Å². The number of carbonyl (C=O) groups excluding carboxylic acids is 2. The topological polar surface area (TPSA) is 144 Å². The zero-order valence-electron chi connectivity index (χ0n) is 13.8. The Balaban J connectivity index is 0.00000169. The SMILES string of the molecule is CC1=C(C(=O)O)N2C(=O)[C@@H](NC(=O)[C@H](N)c3ccccc3)[C@H]2SC1.O.[Cl-]. The van der Waals surface area contributed by atoms with Crippen LogP contribution in [0.5, 0.6) is 0 Å². The molecule has 3 rings (SSSR count). The molecular weight excluding hydrogens is 382 g/mol. The number of carbonyl (C=O) groups is 3. The highest BCUT2D eigenvalue weighted by Crippen LogP contribution is 2.40. The lowest BCUT2D eigenvalue weighted by molar-refractivity contribution is -0.150. The van der Waals surface area contributed by atoms with Gasteiger partial charge in [-0.15, -0.1) is 11.8 Å². The molecule has 0 saturated carbocycles. The zero-order valence-corrected chi connectivity index (χ0v) is 15.4. The summed E-state index contributed by atoms with van der Waals surface area (Å²) in [5.74, 6) is -1.50. The summed E-state index contributed by atoms with van der Waals surface area (Å²) in [6, 6.07) is 7.23. The monoisotopic (exact) mass is 400 g/mol. The van der Waals surface area contributed by atoms with E-state index in [4.69, 9.17) is 5.73 Å². The number of halogens is 1. The van der Waals surface area contributed by atoms with E-state index >= 15 is 0 Å². The zero-order chi connectivity index (χ0) is 17.4. The van der Waals surface area contributed by atoms with Crippen molar-refractivity contribution in [3.8, 4) is 0 Å². The van der Waals surface area contributed by atoms with Gasteiger partial charge in [0.2, 0.25) is 5.91 Å². The Morgan fingerprint density at radius 3 is 2.54 bits per heavy atom. The Bertz CT molecular complexity index is 743. The van der Waals surface area contributed by atoms with Crippen LogP contribution in [-0.2, 0) is 14.4 Å². The molecule has 0 radical (unpaired) electrons. The van der Waals surface area contributed by atoms with Crippen molar-refractivity contribution in [2.75, 3.05) is 5.75 Å². The van der Waals surface area contributed by atoms with Gasteiger partial charge in [0.15, 0.2) is 0 Å². The number of β-lactam (4-membered cyclic amide) rings is 1. The van der Waals surface area contributed by atoms with Crippen molar-refractivity contribution >= 4 is 29.5 Å². The smallest absolute Gasteiger partial charge is 0.352 e. The van der Waals surface area contributed by atoms with E-state index in [1.54, 1.807) is 31.2 Å². The van der Waals surface area contributed by atoms with Gasteiger partial charge in [-0.25, -0.2) is 4.79 Å². The number of nitrogens with one attached hydrogen (secondary N) is 1. The van der Waals surface area contributed by atoms with Gasteiger partial charge >= 0.3 is 5.97 Å². The average molecular weight is 401 g/mol. The van der Waals surface area contributed by atoms with E-state index in [0.29, 0.717) is 16.9 Å². The van der Waals surface area contributed by atoms with Gasteiger partial charge in [0.1, 0.15) is 23.2 Å². The number of carboxylic acid groups (broad SMARTS) is 1. The molecule has 1 aromatic carbocycles. The van der Waals surface area contributed by atoms with Crippen LogP contribution in [-0.4, -0.2) is 50.4 Å². The normalized spacial score (nSPS) is 22.2. The second kappa shape index (κ2) is 8.54. The Labute approximate surface area is 160 Å². The van der Waals surface area contributed by atoms with Gasteiger partial charge in [-0.3, -0.25) is 14.5 Å². The lowest BCUT2D eigenvalue weighted by Crippen LogP contribution is -3.00. The molecule has 8 nitrogen and oxygen atoms in total. The lowest BCUT2D eigenvalue weighted by Gasteiger charge is -2.49. The number of fused-ring (bicyclic) bond motifs is 1. The number of thioether (sulfide) groups is 1. The van der Waals surface area contributed by atoms with Crippen LogP contribution in [0.15, 0.2) is 41.6 Å². The second-order valence-electron chi connectivity index (χ2n) is 5.72. The molecule has 2 aliphatic rings. The van der Waals surface area contributed by atoms with E-state index in [-0.39, 0.29) is 23.6 Å². The summed E-state index contributed by atoms with van der Waals surface area (Å²) in [7, 11) is 0. The van der Waals surface area contributed by atoms with Crippen molar-refractivity contribution in [2.24, 2.45) is 5.73 Å². The van der Waals surface area contributed by atoms with Gasteiger partial charge in [-0.2, -0.15) is 0 Å². The van der Waals surface area contributed by atoms with Crippen molar-refractivity contribution in [2.45, 2.75) is 24.4 Å². The van der Waals surface area contributed by atoms with Gasteiger partial charge in [-0.1, -0.05) is 30.3 Å². The molecular formula is C16H19ClN3O5S-. The number of nitrogens with two attached hydrogens (primary N) is 1. The van der Waals surface area contributed by atoms with Crippen LogP contribution in [0.2, 0.25) is 0 Å². The van der Waals surface area contributed by atoms with E-state index in [1.165, 1.54) is 16.7 Å². The second-order valence-corrected chi connectivity index (χ2v) is 6.82. The summed E-state index contributed by atoms with van der Waals surface area (Å²) in [5.41, 5.74) is 7.24. The summed E-state index contributed by atoms with van der Waals surface area (Å²) >= 11 is 1.43. The molecule has 6 N–H and O–H groups in total. The molecule has 2 aliphatic heterocycles. The maximum atomic E-state index is 12.3. The first-order chi connectivity index (χ1) is 11.4. The molecule has 3 atom stereocenters. The maximum Gasteiger partial charge on any atom is 0.352 e. The summed E-state index contributed by atoms with van der Waals surface area (Å²) in [6.07, 6.45) is 0. The number of carboxylic acids is 1. The van der Waals surface area contributed by atoms with Crippen LogP contribution >= 0.6 is 11.8 Å². The van der Waals surface area contributed by atoms with Crippen LogP contribution in [0.1, 0.15) is 18.5 Å². The third-order valence-corrected chi connectivity index (χ3v) is 5.52. The third kappa shape index (κ3) is 3.70. The minimum atomic E-state index is -1.13. The van der Waals surface area contributed by atoms with Crippen LogP contribution in [0.3, 0.4) is 0 Å². The summed E-state index contributed by atoms with van der Waals surface area (Å²) in [4.78, 5) is 37.2. The largest absolute Gasteiger partial charge is 1.00 e. The van der Waals surface area contributed by atoms with Gasteiger partial charge < -0.3 is 34.0 Å². The fourth-order valence-electron chi connectivity index (χ4n) is 2.83. The van der Waals surface area contributed by atoms with Crippen molar-refractivity contribution in [1.29, 1.82) is 0 Å². The molecule has 2 heterocycles. The molecule has 10 heteroatoms. The summed E-state index contributed by atoms with van der Waals surface area (Å²) in [5, 5.41) is 11.5. The third-order valence-electron chi connectivity index (χ3n) is 4.10. The molecule has 2 amide bonds. The fourth-order valence-corrected chi connectivity index (χ4v) is 4.12. The number of rotatable bonds is 4.